The van der Waals surface area contributed by atoms with Gasteiger partial charge in [-0.3, -0.25) is 14.7 Å². The predicted molar refractivity (Wildman–Crippen MR) is 106 cm³/mol. The highest BCUT2D eigenvalue weighted by Gasteiger charge is 2.36. The van der Waals surface area contributed by atoms with Crippen LogP contribution in [0.25, 0.3) is 10.9 Å². The van der Waals surface area contributed by atoms with Crippen LogP contribution in [0.4, 0.5) is 11.5 Å². The molecule has 1 aliphatic heterocycles. The van der Waals surface area contributed by atoms with Crippen molar-refractivity contribution in [2.75, 3.05) is 11.1 Å². The highest BCUT2D eigenvalue weighted by Crippen LogP contribution is 2.34. The van der Waals surface area contributed by atoms with Gasteiger partial charge in [-0.05, 0) is 31.7 Å². The third-order valence-electron chi connectivity index (χ3n) is 5.29. The molecule has 28 heavy (non-hydrogen) atoms. The lowest BCUT2D eigenvalue weighted by molar-refractivity contribution is -0.148. The van der Waals surface area contributed by atoms with Crippen LogP contribution in [0.2, 0.25) is 0 Å². The second kappa shape index (κ2) is 7.30. The van der Waals surface area contributed by atoms with Gasteiger partial charge in [0.15, 0.2) is 0 Å². The van der Waals surface area contributed by atoms with E-state index in [0.717, 1.165) is 24.8 Å². The van der Waals surface area contributed by atoms with Gasteiger partial charge in [-0.25, -0.2) is 4.98 Å². The summed E-state index contributed by atoms with van der Waals surface area (Å²) < 4.78 is 0. The number of likely N-dealkylation sites (tertiary alicyclic amines) is 1. The van der Waals surface area contributed by atoms with Crippen molar-refractivity contribution in [3.63, 3.8) is 0 Å². The highest BCUT2D eigenvalue weighted by atomic mass is 16.2. The molecule has 2 atom stereocenters. The molecule has 0 spiro atoms. The summed E-state index contributed by atoms with van der Waals surface area (Å²) in [7, 11) is 0. The van der Waals surface area contributed by atoms with Crippen LogP contribution in [0.5, 0.6) is 0 Å². The number of nitrogens with one attached hydrogen (secondary N) is 2. The third kappa shape index (κ3) is 3.17. The fourth-order valence-corrected chi connectivity index (χ4v) is 3.88. The van der Waals surface area contributed by atoms with Gasteiger partial charge in [-0.15, -0.1) is 0 Å². The molecule has 0 bridgehead atoms. The minimum atomic E-state index is -0.697. The Balaban J connectivity index is 1.60. The van der Waals surface area contributed by atoms with Crippen LogP contribution in [-0.4, -0.2) is 37.9 Å². The number of aromatic amines is 1. The first-order valence-electron chi connectivity index (χ1n) is 9.32. The summed E-state index contributed by atoms with van der Waals surface area (Å²) in [6.07, 6.45) is 5.68. The summed E-state index contributed by atoms with van der Waals surface area (Å²) in [6.45, 7) is 1.98. The van der Waals surface area contributed by atoms with E-state index in [1.807, 2.05) is 37.3 Å². The number of anilines is 2. The van der Waals surface area contributed by atoms with Crippen molar-refractivity contribution in [2.24, 2.45) is 0 Å². The number of nitrogen functional groups attached to an aromatic ring is 1. The number of hydrogen-bond donors (Lipinski definition) is 3. The maximum Gasteiger partial charge on any atom is 0.314 e. The van der Waals surface area contributed by atoms with Crippen molar-refractivity contribution in [1.29, 1.82) is 0 Å². The molecule has 1 aliphatic rings. The molecule has 8 heteroatoms. The number of amides is 2. The van der Waals surface area contributed by atoms with Gasteiger partial charge in [0, 0.05) is 6.04 Å². The van der Waals surface area contributed by atoms with Gasteiger partial charge in [0.2, 0.25) is 0 Å². The number of pyridine rings is 1. The van der Waals surface area contributed by atoms with E-state index in [9.17, 15) is 9.59 Å². The number of hydrogen-bond acceptors (Lipinski definition) is 5. The minimum Gasteiger partial charge on any atom is -0.383 e. The molecule has 1 saturated heterocycles. The number of carbonyl (C=O) groups excluding carboxylic acids is 2. The van der Waals surface area contributed by atoms with E-state index in [2.05, 4.69) is 20.5 Å². The van der Waals surface area contributed by atoms with Gasteiger partial charge in [-0.1, -0.05) is 30.3 Å². The molecular weight excluding hydrogens is 356 g/mol. The maximum atomic E-state index is 13.1. The first-order chi connectivity index (χ1) is 13.6. The third-order valence-corrected chi connectivity index (χ3v) is 5.29. The zero-order valence-electron chi connectivity index (χ0n) is 15.6. The molecule has 4 rings (SSSR count). The quantitative estimate of drug-likeness (QED) is 0.593. The first-order valence-corrected chi connectivity index (χ1v) is 9.32. The standard InChI is InChI=1S/C20H22N6O2/c1-12-6-5-9-16(13-7-3-2-4-8-13)26(12)20(28)19(27)24-15-11-22-18(21)14-10-23-25-17(14)15/h2-4,7-8,10-12,16H,5-6,9H2,1H3,(H2,21,22)(H,23,25)(H,24,27). The fourth-order valence-electron chi connectivity index (χ4n) is 3.88. The normalized spacial score (nSPS) is 19.5. The van der Waals surface area contributed by atoms with E-state index < -0.39 is 11.8 Å². The average Bonchev–Trinajstić information content (AvgIpc) is 3.21. The molecule has 144 valence electrons. The van der Waals surface area contributed by atoms with E-state index >= 15 is 0 Å². The molecule has 1 fully saturated rings. The van der Waals surface area contributed by atoms with E-state index in [4.69, 9.17) is 5.73 Å². The van der Waals surface area contributed by atoms with Gasteiger partial charge in [-0.2, -0.15) is 5.10 Å². The Labute approximate surface area is 162 Å². The number of piperidine rings is 1. The number of nitrogens with zero attached hydrogens (tertiary/aromatic N) is 3. The molecule has 3 aromatic rings. The highest BCUT2D eigenvalue weighted by molar-refractivity contribution is 6.40. The number of fused-ring (bicyclic) bond motifs is 1. The van der Waals surface area contributed by atoms with Crippen molar-refractivity contribution >= 4 is 34.2 Å². The summed E-state index contributed by atoms with van der Waals surface area (Å²) in [5.74, 6) is -0.940. The van der Waals surface area contributed by atoms with E-state index in [1.165, 1.54) is 12.4 Å². The van der Waals surface area contributed by atoms with Crippen LogP contribution in [0.1, 0.15) is 37.8 Å². The second-order valence-electron chi connectivity index (χ2n) is 7.09. The lowest BCUT2D eigenvalue weighted by atomic mass is 9.91. The Morgan fingerprint density at radius 3 is 2.79 bits per heavy atom. The van der Waals surface area contributed by atoms with Gasteiger partial charge >= 0.3 is 11.8 Å². The van der Waals surface area contributed by atoms with Crippen LogP contribution in [0, 0.1) is 0 Å². The van der Waals surface area contributed by atoms with E-state index in [0.29, 0.717) is 22.4 Å². The molecule has 0 saturated carbocycles. The van der Waals surface area contributed by atoms with Crippen LogP contribution in [0.15, 0.2) is 42.7 Å². The van der Waals surface area contributed by atoms with Crippen molar-refractivity contribution < 1.29 is 9.59 Å². The number of nitrogens with two attached hydrogens (primary N) is 1. The SMILES string of the molecule is CC1CCCC(c2ccccc2)N1C(=O)C(=O)Nc1cnc(N)c2cn[nH]c12. The summed E-state index contributed by atoms with van der Waals surface area (Å²) >= 11 is 0. The molecule has 3 heterocycles. The molecule has 2 amide bonds. The Kier molecular flexibility index (Phi) is 4.68. The smallest absolute Gasteiger partial charge is 0.314 e. The fraction of sp³-hybridized carbons (Fsp3) is 0.300. The zero-order valence-corrected chi connectivity index (χ0v) is 15.6. The Hall–Kier alpha value is -3.42. The van der Waals surface area contributed by atoms with Crippen molar-refractivity contribution in [1.82, 2.24) is 20.1 Å². The van der Waals surface area contributed by atoms with Crippen LogP contribution >= 0.6 is 0 Å². The number of rotatable bonds is 2. The van der Waals surface area contributed by atoms with Gasteiger partial charge < -0.3 is 16.0 Å². The molecule has 8 nitrogen and oxygen atoms in total. The summed E-state index contributed by atoms with van der Waals surface area (Å²) in [5.41, 5.74) is 7.78. The average molecular weight is 378 g/mol. The topological polar surface area (TPSA) is 117 Å². The number of carbonyl (C=O) groups is 2. The molecule has 1 aromatic carbocycles. The number of benzene rings is 1. The number of H-pyrrole nitrogens is 1. The second-order valence-corrected chi connectivity index (χ2v) is 7.09. The largest absolute Gasteiger partial charge is 0.383 e. The van der Waals surface area contributed by atoms with Gasteiger partial charge in [0.1, 0.15) is 5.82 Å². The van der Waals surface area contributed by atoms with Gasteiger partial charge in [0.05, 0.1) is 35.0 Å². The van der Waals surface area contributed by atoms with E-state index in [-0.39, 0.29) is 12.1 Å². The predicted octanol–water partition coefficient (Wildman–Crippen LogP) is 2.62. The van der Waals surface area contributed by atoms with Crippen LogP contribution < -0.4 is 11.1 Å². The first kappa shape index (κ1) is 18.0. The lowest BCUT2D eigenvalue weighted by Crippen LogP contribution is -2.48. The Morgan fingerprint density at radius 1 is 1.21 bits per heavy atom. The molecule has 2 unspecified atom stereocenters. The van der Waals surface area contributed by atoms with Crippen molar-refractivity contribution in [2.45, 2.75) is 38.3 Å². The monoisotopic (exact) mass is 378 g/mol. The summed E-state index contributed by atoms with van der Waals surface area (Å²) in [6, 6.07) is 9.71. The zero-order chi connectivity index (χ0) is 19.7. The summed E-state index contributed by atoms with van der Waals surface area (Å²) in [5, 5.41) is 9.99. The van der Waals surface area contributed by atoms with Crippen molar-refractivity contribution in [3.8, 4) is 0 Å². The number of aromatic nitrogens is 3. The van der Waals surface area contributed by atoms with E-state index in [1.54, 1.807) is 4.90 Å². The molecule has 0 aliphatic carbocycles. The summed E-state index contributed by atoms with van der Waals surface area (Å²) in [4.78, 5) is 31.6. The Morgan fingerprint density at radius 2 is 2.00 bits per heavy atom. The van der Waals surface area contributed by atoms with Crippen LogP contribution in [-0.2, 0) is 9.59 Å². The molecular formula is C20H22N6O2. The lowest BCUT2D eigenvalue weighted by Gasteiger charge is -2.40. The van der Waals surface area contributed by atoms with Crippen molar-refractivity contribution in [3.05, 3.63) is 48.3 Å². The molecule has 2 aromatic heterocycles. The van der Waals surface area contributed by atoms with Crippen LogP contribution in [0.3, 0.4) is 0 Å². The Bertz CT molecular complexity index is 1020. The maximum absolute atomic E-state index is 13.1. The van der Waals surface area contributed by atoms with Gasteiger partial charge in [0.25, 0.3) is 0 Å². The molecule has 4 N–H and O–H groups in total. The molecule has 0 radical (unpaired) electrons. The minimum absolute atomic E-state index is 0.0195.